The second kappa shape index (κ2) is 6.06. The van der Waals surface area contributed by atoms with E-state index in [2.05, 4.69) is 65.8 Å². The number of likely N-dealkylation sites (N-methyl/N-ethyl adjacent to an activating group) is 1. The second-order valence-corrected chi connectivity index (χ2v) is 5.50. The fraction of sp³-hybridized carbons (Fsp3) is 0.211. The SMILES string of the molecule is CNC(C)Cc1ccc(-c2ccc3ncccc3c2)cc1. The van der Waals surface area contributed by atoms with Crippen molar-refractivity contribution in [1.29, 1.82) is 0 Å². The highest BCUT2D eigenvalue weighted by Crippen LogP contribution is 2.24. The van der Waals surface area contributed by atoms with Crippen LogP contribution in [0.5, 0.6) is 0 Å². The second-order valence-electron chi connectivity index (χ2n) is 5.50. The largest absolute Gasteiger partial charge is 0.317 e. The third-order valence-electron chi connectivity index (χ3n) is 3.92. The molecule has 21 heavy (non-hydrogen) atoms. The minimum absolute atomic E-state index is 0.502. The minimum Gasteiger partial charge on any atom is -0.317 e. The summed E-state index contributed by atoms with van der Waals surface area (Å²) in [6.07, 6.45) is 2.89. The van der Waals surface area contributed by atoms with E-state index in [0.29, 0.717) is 6.04 Å². The van der Waals surface area contributed by atoms with Crippen molar-refractivity contribution in [2.75, 3.05) is 7.05 Å². The van der Waals surface area contributed by atoms with Crippen molar-refractivity contribution >= 4 is 10.9 Å². The van der Waals surface area contributed by atoms with Gasteiger partial charge in [0.25, 0.3) is 0 Å². The Hall–Kier alpha value is -2.19. The summed E-state index contributed by atoms with van der Waals surface area (Å²) in [4.78, 5) is 4.37. The van der Waals surface area contributed by atoms with Gasteiger partial charge in [0.1, 0.15) is 0 Å². The number of nitrogens with one attached hydrogen (secondary N) is 1. The molecule has 1 atom stereocenters. The summed E-state index contributed by atoms with van der Waals surface area (Å²) >= 11 is 0. The van der Waals surface area contributed by atoms with E-state index in [1.165, 1.54) is 22.1 Å². The third-order valence-corrected chi connectivity index (χ3v) is 3.92. The molecule has 0 fully saturated rings. The van der Waals surface area contributed by atoms with Gasteiger partial charge in [0.15, 0.2) is 0 Å². The molecule has 0 amide bonds. The van der Waals surface area contributed by atoms with Gasteiger partial charge in [-0.3, -0.25) is 4.98 Å². The smallest absolute Gasteiger partial charge is 0.0702 e. The molecule has 3 aromatic rings. The number of nitrogens with zero attached hydrogens (tertiary/aromatic N) is 1. The van der Waals surface area contributed by atoms with Gasteiger partial charge in [0.2, 0.25) is 0 Å². The molecule has 0 aliphatic heterocycles. The molecule has 0 spiro atoms. The van der Waals surface area contributed by atoms with E-state index >= 15 is 0 Å². The molecule has 1 N–H and O–H groups in total. The summed E-state index contributed by atoms with van der Waals surface area (Å²) in [5.41, 5.74) is 4.90. The molecule has 1 unspecified atom stereocenters. The third kappa shape index (κ3) is 3.11. The molecule has 2 aromatic carbocycles. The van der Waals surface area contributed by atoms with Crippen LogP contribution in [0, 0.1) is 0 Å². The monoisotopic (exact) mass is 276 g/mol. The van der Waals surface area contributed by atoms with Gasteiger partial charge in [0.05, 0.1) is 5.52 Å². The van der Waals surface area contributed by atoms with Crippen molar-refractivity contribution in [2.45, 2.75) is 19.4 Å². The van der Waals surface area contributed by atoms with Gasteiger partial charge in [-0.25, -0.2) is 0 Å². The van der Waals surface area contributed by atoms with Crippen LogP contribution in [0.4, 0.5) is 0 Å². The first-order valence-corrected chi connectivity index (χ1v) is 7.37. The first kappa shape index (κ1) is 13.8. The standard InChI is InChI=1S/C19H20N2/c1-14(20-2)12-15-5-7-16(8-6-15)17-9-10-19-18(13-17)4-3-11-21-19/h3-11,13-14,20H,12H2,1-2H3. The molecular formula is C19H20N2. The van der Waals surface area contributed by atoms with Crippen molar-refractivity contribution in [1.82, 2.24) is 10.3 Å². The van der Waals surface area contributed by atoms with Crippen molar-refractivity contribution < 1.29 is 0 Å². The van der Waals surface area contributed by atoms with E-state index in [-0.39, 0.29) is 0 Å². The van der Waals surface area contributed by atoms with Crippen LogP contribution < -0.4 is 5.32 Å². The highest BCUT2D eigenvalue weighted by Gasteiger charge is 2.03. The van der Waals surface area contributed by atoms with Crippen molar-refractivity contribution in [2.24, 2.45) is 0 Å². The molecule has 0 aliphatic rings. The number of rotatable bonds is 4. The highest BCUT2D eigenvalue weighted by molar-refractivity contribution is 5.84. The Bertz CT molecular complexity index is 732. The van der Waals surface area contributed by atoms with Crippen LogP contribution in [0.1, 0.15) is 12.5 Å². The number of benzene rings is 2. The Morgan fingerprint density at radius 2 is 1.76 bits per heavy atom. The number of hydrogen-bond donors (Lipinski definition) is 1. The summed E-state index contributed by atoms with van der Waals surface area (Å²) in [6, 6.07) is 19.9. The lowest BCUT2D eigenvalue weighted by Gasteiger charge is -2.10. The maximum Gasteiger partial charge on any atom is 0.0702 e. The quantitative estimate of drug-likeness (QED) is 0.777. The molecule has 2 heteroatoms. The van der Waals surface area contributed by atoms with Crippen LogP contribution in [0.25, 0.3) is 22.0 Å². The van der Waals surface area contributed by atoms with E-state index in [9.17, 15) is 0 Å². The number of pyridine rings is 1. The molecule has 0 bridgehead atoms. The molecule has 1 aromatic heterocycles. The summed E-state index contributed by atoms with van der Waals surface area (Å²) in [6.45, 7) is 2.20. The van der Waals surface area contributed by atoms with Crippen molar-refractivity contribution in [3.05, 3.63) is 66.4 Å². The Kier molecular flexibility index (Phi) is 3.98. The normalized spacial score (nSPS) is 12.5. The zero-order chi connectivity index (χ0) is 14.7. The lowest BCUT2D eigenvalue weighted by Crippen LogP contribution is -2.23. The Labute approximate surface area is 125 Å². The molecule has 106 valence electrons. The highest BCUT2D eigenvalue weighted by atomic mass is 14.8. The van der Waals surface area contributed by atoms with E-state index in [1.54, 1.807) is 0 Å². The lowest BCUT2D eigenvalue weighted by molar-refractivity contribution is 0.608. The fourth-order valence-electron chi connectivity index (χ4n) is 2.54. The Morgan fingerprint density at radius 1 is 1.00 bits per heavy atom. The molecule has 0 saturated carbocycles. The van der Waals surface area contributed by atoms with E-state index in [1.807, 2.05) is 19.3 Å². The van der Waals surface area contributed by atoms with Gasteiger partial charge in [-0.2, -0.15) is 0 Å². The molecule has 0 saturated heterocycles. The van der Waals surface area contributed by atoms with Gasteiger partial charge in [0, 0.05) is 17.6 Å². The van der Waals surface area contributed by atoms with Crippen molar-refractivity contribution in [3.8, 4) is 11.1 Å². The zero-order valence-electron chi connectivity index (χ0n) is 12.5. The van der Waals surface area contributed by atoms with Crippen LogP contribution in [0.2, 0.25) is 0 Å². The molecule has 0 radical (unpaired) electrons. The number of hydrogen-bond acceptors (Lipinski definition) is 2. The topological polar surface area (TPSA) is 24.9 Å². The maximum atomic E-state index is 4.37. The predicted octanol–water partition coefficient (Wildman–Crippen LogP) is 4.05. The van der Waals surface area contributed by atoms with E-state index in [4.69, 9.17) is 0 Å². The number of fused-ring (bicyclic) bond motifs is 1. The van der Waals surface area contributed by atoms with Crippen LogP contribution in [0.3, 0.4) is 0 Å². The van der Waals surface area contributed by atoms with Gasteiger partial charge >= 0.3 is 0 Å². The van der Waals surface area contributed by atoms with Gasteiger partial charge in [-0.05, 0) is 55.3 Å². The molecule has 3 rings (SSSR count). The van der Waals surface area contributed by atoms with Crippen LogP contribution in [-0.2, 0) is 6.42 Å². The van der Waals surface area contributed by atoms with Gasteiger partial charge in [-0.1, -0.05) is 36.4 Å². The molecule has 1 heterocycles. The zero-order valence-corrected chi connectivity index (χ0v) is 12.5. The average Bonchev–Trinajstić information content (AvgIpc) is 2.55. The Morgan fingerprint density at radius 3 is 2.52 bits per heavy atom. The summed E-state index contributed by atoms with van der Waals surface area (Å²) in [5.74, 6) is 0. The van der Waals surface area contributed by atoms with Crippen LogP contribution in [-0.4, -0.2) is 18.1 Å². The first-order chi connectivity index (χ1) is 10.3. The van der Waals surface area contributed by atoms with Crippen molar-refractivity contribution in [3.63, 3.8) is 0 Å². The maximum absolute atomic E-state index is 4.37. The summed E-state index contributed by atoms with van der Waals surface area (Å²) < 4.78 is 0. The first-order valence-electron chi connectivity index (χ1n) is 7.37. The molecular weight excluding hydrogens is 256 g/mol. The lowest BCUT2D eigenvalue weighted by atomic mass is 10.00. The predicted molar refractivity (Wildman–Crippen MR) is 89.4 cm³/mol. The molecule has 2 nitrogen and oxygen atoms in total. The van der Waals surface area contributed by atoms with Crippen LogP contribution >= 0.6 is 0 Å². The fourth-order valence-corrected chi connectivity index (χ4v) is 2.54. The van der Waals surface area contributed by atoms with Crippen LogP contribution in [0.15, 0.2) is 60.8 Å². The number of aromatic nitrogens is 1. The molecule has 0 aliphatic carbocycles. The summed E-state index contributed by atoms with van der Waals surface area (Å²) in [7, 11) is 2.00. The minimum atomic E-state index is 0.502. The Balaban J connectivity index is 1.88. The van der Waals surface area contributed by atoms with Gasteiger partial charge < -0.3 is 5.32 Å². The van der Waals surface area contributed by atoms with Gasteiger partial charge in [-0.15, -0.1) is 0 Å². The van der Waals surface area contributed by atoms with E-state index < -0.39 is 0 Å². The van der Waals surface area contributed by atoms with E-state index in [0.717, 1.165) is 11.9 Å². The average molecular weight is 276 g/mol. The summed E-state index contributed by atoms with van der Waals surface area (Å²) in [5, 5.41) is 4.46.